The van der Waals surface area contributed by atoms with Crippen LogP contribution in [0.5, 0.6) is 5.75 Å². The van der Waals surface area contributed by atoms with Gasteiger partial charge >= 0.3 is 0 Å². The number of ether oxygens (including phenoxy) is 1. The van der Waals surface area contributed by atoms with Crippen molar-refractivity contribution in [1.29, 1.82) is 0 Å². The molecule has 32 heavy (non-hydrogen) atoms. The van der Waals surface area contributed by atoms with Crippen LogP contribution in [0.3, 0.4) is 0 Å². The van der Waals surface area contributed by atoms with E-state index in [-0.39, 0.29) is 17.8 Å². The number of para-hydroxylation sites is 1. The normalized spacial score (nSPS) is 15.9. The summed E-state index contributed by atoms with van der Waals surface area (Å²) in [6.45, 7) is 7.75. The lowest BCUT2D eigenvalue weighted by molar-refractivity contribution is 0.233. The van der Waals surface area contributed by atoms with Crippen LogP contribution < -0.4 is 9.64 Å². The lowest BCUT2D eigenvalue weighted by Crippen LogP contribution is -2.27. The average molecular weight is 455 g/mol. The van der Waals surface area contributed by atoms with Gasteiger partial charge in [0.2, 0.25) is 0 Å². The number of sulfone groups is 1. The van der Waals surface area contributed by atoms with Crippen LogP contribution in [-0.2, 0) is 21.8 Å². The fourth-order valence-corrected chi connectivity index (χ4v) is 5.57. The number of rotatable bonds is 5. The van der Waals surface area contributed by atoms with Crippen LogP contribution in [0.1, 0.15) is 38.3 Å². The van der Waals surface area contributed by atoms with E-state index in [1.807, 2.05) is 24.3 Å². The second-order valence-electron chi connectivity index (χ2n) is 9.23. The van der Waals surface area contributed by atoms with Gasteiger partial charge < -0.3 is 14.7 Å². The highest BCUT2D eigenvalue weighted by Crippen LogP contribution is 2.34. The Morgan fingerprint density at radius 1 is 1.12 bits per heavy atom. The van der Waals surface area contributed by atoms with E-state index in [9.17, 15) is 8.42 Å². The van der Waals surface area contributed by atoms with Gasteiger partial charge in [-0.05, 0) is 40.8 Å². The molecule has 0 bridgehead atoms. The number of hydrogen-bond donors (Lipinski definition) is 1. The summed E-state index contributed by atoms with van der Waals surface area (Å²) in [5.74, 6) is 1.31. The van der Waals surface area contributed by atoms with Gasteiger partial charge in [0.25, 0.3) is 0 Å². The second-order valence-corrected chi connectivity index (χ2v) is 11.3. The first-order valence-corrected chi connectivity index (χ1v) is 12.6. The maximum absolute atomic E-state index is 13.0. The largest absolute Gasteiger partial charge is 0.493 e. The molecule has 2 heterocycles. The summed E-state index contributed by atoms with van der Waals surface area (Å²) in [5, 5.41) is 10.1. The first-order chi connectivity index (χ1) is 15.2. The van der Waals surface area contributed by atoms with E-state index in [0.717, 1.165) is 22.3 Å². The van der Waals surface area contributed by atoms with Crippen molar-refractivity contribution in [3.63, 3.8) is 0 Å². The van der Waals surface area contributed by atoms with Gasteiger partial charge in [0.15, 0.2) is 9.84 Å². The number of aliphatic hydroxyl groups is 1. The van der Waals surface area contributed by atoms with Crippen molar-refractivity contribution in [2.24, 2.45) is 0 Å². The number of hydrogen-bond acceptors (Lipinski definition) is 6. The molecule has 170 valence electrons. The average Bonchev–Trinajstić information content (AvgIpc) is 2.88. The van der Waals surface area contributed by atoms with E-state index < -0.39 is 9.84 Å². The van der Waals surface area contributed by atoms with Crippen LogP contribution in [0.15, 0.2) is 53.4 Å². The first-order valence-electron chi connectivity index (χ1n) is 10.9. The third-order valence-corrected chi connectivity index (χ3v) is 7.54. The summed E-state index contributed by atoms with van der Waals surface area (Å²) in [7, 11) is -3.45. The predicted molar refractivity (Wildman–Crippen MR) is 127 cm³/mol. The molecule has 0 radical (unpaired) electrons. The number of benzene rings is 2. The number of aromatic nitrogens is 1. The van der Waals surface area contributed by atoms with E-state index in [2.05, 4.69) is 37.8 Å². The summed E-state index contributed by atoms with van der Waals surface area (Å²) in [4.78, 5) is 7.26. The fourth-order valence-electron chi connectivity index (χ4n) is 4.06. The molecule has 3 aromatic rings. The highest BCUT2D eigenvalue weighted by molar-refractivity contribution is 7.91. The van der Waals surface area contributed by atoms with Crippen LogP contribution in [0.25, 0.3) is 10.9 Å². The first kappa shape index (κ1) is 22.6. The molecule has 7 heteroatoms. The Kier molecular flexibility index (Phi) is 6.14. The molecule has 0 unspecified atom stereocenters. The molecule has 1 aliphatic heterocycles. The Morgan fingerprint density at radius 3 is 2.66 bits per heavy atom. The fraction of sp³-hybridized carbons (Fsp3) is 0.400. The van der Waals surface area contributed by atoms with Crippen molar-refractivity contribution >= 4 is 26.6 Å². The lowest BCUT2D eigenvalue weighted by Gasteiger charge is -2.27. The molecule has 0 saturated heterocycles. The number of aliphatic hydroxyl groups excluding tert-OH is 1. The van der Waals surface area contributed by atoms with Gasteiger partial charge in [0, 0.05) is 31.5 Å². The topological polar surface area (TPSA) is 79.7 Å². The number of pyridine rings is 1. The molecular weight excluding hydrogens is 424 g/mol. The van der Waals surface area contributed by atoms with Crippen LogP contribution in [0.4, 0.5) is 5.82 Å². The Labute approximate surface area is 189 Å². The predicted octanol–water partition coefficient (Wildman–Crippen LogP) is 4.09. The molecule has 0 spiro atoms. The third-order valence-electron chi connectivity index (χ3n) is 5.77. The Hall–Kier alpha value is -2.64. The molecule has 4 rings (SSSR count). The summed E-state index contributed by atoms with van der Waals surface area (Å²) in [5.41, 5.74) is 2.77. The minimum atomic E-state index is -3.45. The van der Waals surface area contributed by atoms with Crippen molar-refractivity contribution in [1.82, 2.24) is 4.98 Å². The summed E-state index contributed by atoms with van der Waals surface area (Å²) >= 11 is 0. The molecule has 0 saturated carbocycles. The van der Waals surface area contributed by atoms with Crippen molar-refractivity contribution in [3.8, 4) is 5.75 Å². The van der Waals surface area contributed by atoms with E-state index in [1.54, 1.807) is 12.1 Å². The van der Waals surface area contributed by atoms with Crippen LogP contribution in [0, 0.1) is 0 Å². The summed E-state index contributed by atoms with van der Waals surface area (Å²) < 4.78 is 31.7. The van der Waals surface area contributed by atoms with Crippen molar-refractivity contribution in [2.45, 2.75) is 44.0 Å². The van der Waals surface area contributed by atoms with Crippen molar-refractivity contribution in [2.75, 3.05) is 30.4 Å². The number of anilines is 1. The number of fused-ring (bicyclic) bond motifs is 2. The molecule has 2 aromatic carbocycles. The minimum Gasteiger partial charge on any atom is -0.493 e. The molecule has 1 aliphatic rings. The third kappa shape index (κ3) is 4.59. The monoisotopic (exact) mass is 454 g/mol. The van der Waals surface area contributed by atoms with E-state index in [4.69, 9.17) is 14.8 Å². The second kappa shape index (κ2) is 8.71. The standard InChI is InChI=1S/C25H30N2O4S/c1-25(2,3)21-16-24(26-22-8-5-4-7-20(21)22)27-11-14-32(29,30)23-15-19(31-13-6-12-28)10-9-18(23)17-27/h4-5,7-10,15-16,28H,6,11-14,17H2,1-3H3. The van der Waals surface area contributed by atoms with E-state index in [1.165, 1.54) is 5.56 Å². The van der Waals surface area contributed by atoms with Crippen LogP contribution in [-0.4, -0.2) is 44.0 Å². The molecule has 0 aliphatic carbocycles. The molecule has 0 fully saturated rings. The zero-order chi connectivity index (χ0) is 22.9. The maximum atomic E-state index is 13.0. The van der Waals surface area contributed by atoms with Gasteiger partial charge in [-0.3, -0.25) is 0 Å². The lowest BCUT2D eigenvalue weighted by atomic mass is 9.84. The smallest absolute Gasteiger partial charge is 0.180 e. The quantitative estimate of drug-likeness (QED) is 0.585. The van der Waals surface area contributed by atoms with Gasteiger partial charge in [-0.2, -0.15) is 0 Å². The molecule has 1 N–H and O–H groups in total. The number of nitrogens with zero attached hydrogens (tertiary/aromatic N) is 2. The highest BCUT2D eigenvalue weighted by atomic mass is 32.2. The molecule has 0 atom stereocenters. The summed E-state index contributed by atoms with van der Waals surface area (Å²) in [6.07, 6.45) is 0.501. The summed E-state index contributed by atoms with van der Waals surface area (Å²) in [6, 6.07) is 15.4. The molecule has 6 nitrogen and oxygen atoms in total. The maximum Gasteiger partial charge on any atom is 0.180 e. The van der Waals surface area contributed by atoms with Crippen LogP contribution in [0.2, 0.25) is 0 Å². The Bertz CT molecular complexity index is 1230. The molecule has 1 aromatic heterocycles. The van der Waals surface area contributed by atoms with Gasteiger partial charge in [-0.15, -0.1) is 0 Å². The highest BCUT2D eigenvalue weighted by Gasteiger charge is 2.28. The van der Waals surface area contributed by atoms with Crippen molar-refractivity contribution in [3.05, 3.63) is 59.7 Å². The molecular formula is C25H30N2O4S. The Morgan fingerprint density at radius 2 is 1.91 bits per heavy atom. The van der Waals surface area contributed by atoms with Gasteiger partial charge in [-0.1, -0.05) is 45.0 Å². The van der Waals surface area contributed by atoms with Crippen LogP contribution >= 0.6 is 0 Å². The van der Waals surface area contributed by atoms with E-state index in [0.29, 0.717) is 36.8 Å². The zero-order valence-electron chi connectivity index (χ0n) is 18.8. The Balaban J connectivity index is 1.74. The molecule has 0 amide bonds. The van der Waals surface area contributed by atoms with Gasteiger partial charge in [-0.25, -0.2) is 13.4 Å². The minimum absolute atomic E-state index is 0.0133. The van der Waals surface area contributed by atoms with Crippen molar-refractivity contribution < 1.29 is 18.3 Å². The SMILES string of the molecule is CC(C)(C)c1cc(N2CCS(=O)(=O)c3cc(OCCCO)ccc3C2)nc2ccccc12. The zero-order valence-corrected chi connectivity index (χ0v) is 19.7. The van der Waals surface area contributed by atoms with E-state index >= 15 is 0 Å². The van der Waals surface area contributed by atoms with Gasteiger partial charge in [0.05, 0.1) is 22.8 Å². The van der Waals surface area contributed by atoms with Gasteiger partial charge in [0.1, 0.15) is 11.6 Å².